The molecule has 2 aliphatic heterocycles. The van der Waals surface area contributed by atoms with Crippen molar-refractivity contribution in [3.63, 3.8) is 0 Å². The average molecular weight is 292 g/mol. The minimum atomic E-state index is -0.0180. The summed E-state index contributed by atoms with van der Waals surface area (Å²) in [5.41, 5.74) is 0.516. The molecule has 3 heterocycles. The Morgan fingerprint density at radius 3 is 2.67 bits per heavy atom. The number of aromatic nitrogens is 2. The third kappa shape index (κ3) is 2.82. The molecular weight excluding hydrogens is 268 g/mol. The molecule has 1 amide bonds. The fraction of sp³-hybridized carbons (Fsp3) is 0.733. The first-order valence-electron chi connectivity index (χ1n) is 7.58. The van der Waals surface area contributed by atoms with Gasteiger partial charge in [-0.1, -0.05) is 0 Å². The summed E-state index contributed by atoms with van der Waals surface area (Å²) in [7, 11) is 6.04. The van der Waals surface area contributed by atoms with Gasteiger partial charge in [0, 0.05) is 32.4 Å². The number of ether oxygens (including phenoxy) is 1. The Morgan fingerprint density at radius 2 is 2.14 bits per heavy atom. The zero-order valence-corrected chi connectivity index (χ0v) is 13.1. The highest BCUT2D eigenvalue weighted by molar-refractivity contribution is 5.92. The molecule has 2 fully saturated rings. The third-order valence-corrected chi connectivity index (χ3v) is 4.81. The van der Waals surface area contributed by atoms with Crippen LogP contribution >= 0.6 is 0 Å². The predicted octanol–water partition coefficient (Wildman–Crippen LogP) is 0.745. The van der Waals surface area contributed by atoms with Crippen LogP contribution in [-0.2, 0) is 11.8 Å². The van der Waals surface area contributed by atoms with E-state index in [0.29, 0.717) is 11.7 Å². The van der Waals surface area contributed by atoms with Crippen LogP contribution in [-0.4, -0.2) is 70.9 Å². The summed E-state index contributed by atoms with van der Waals surface area (Å²) in [5.74, 6) is 0.0348. The van der Waals surface area contributed by atoms with Crippen LogP contribution in [0.3, 0.4) is 0 Å². The van der Waals surface area contributed by atoms with Gasteiger partial charge in [-0.05, 0) is 39.4 Å². The van der Waals surface area contributed by atoms with Gasteiger partial charge in [-0.2, -0.15) is 5.10 Å². The summed E-state index contributed by atoms with van der Waals surface area (Å²) in [5, 5.41) is 4.20. The molecule has 1 atom stereocenters. The molecular formula is C15H24N4O2. The minimum Gasteiger partial charge on any atom is -0.373 e. The summed E-state index contributed by atoms with van der Waals surface area (Å²) < 4.78 is 7.76. The summed E-state index contributed by atoms with van der Waals surface area (Å²) >= 11 is 0. The zero-order chi connectivity index (χ0) is 15.0. The van der Waals surface area contributed by atoms with E-state index in [9.17, 15) is 4.79 Å². The Bertz CT molecular complexity index is 517. The van der Waals surface area contributed by atoms with Crippen LogP contribution in [0.1, 0.15) is 29.8 Å². The minimum absolute atomic E-state index is 0.0180. The molecule has 0 aliphatic carbocycles. The molecule has 1 aromatic heterocycles. The maximum absolute atomic E-state index is 12.4. The van der Waals surface area contributed by atoms with Gasteiger partial charge in [0.2, 0.25) is 0 Å². The van der Waals surface area contributed by atoms with Crippen LogP contribution in [0, 0.1) is 0 Å². The van der Waals surface area contributed by atoms with E-state index in [1.54, 1.807) is 16.9 Å². The zero-order valence-electron chi connectivity index (χ0n) is 13.1. The van der Waals surface area contributed by atoms with Gasteiger partial charge in [-0.3, -0.25) is 9.48 Å². The van der Waals surface area contributed by atoms with Crippen molar-refractivity contribution < 1.29 is 9.53 Å². The standard InChI is InChI=1S/C15H24N4O2/c1-17(2)12-10-15(21-11-12)5-8-19(9-6-15)14(20)13-4-7-18(3)16-13/h4,7,12H,5-6,8-11H2,1-3H3. The van der Waals surface area contributed by atoms with E-state index in [0.717, 1.165) is 39.0 Å². The topological polar surface area (TPSA) is 50.6 Å². The van der Waals surface area contributed by atoms with Crippen molar-refractivity contribution in [1.82, 2.24) is 19.6 Å². The van der Waals surface area contributed by atoms with Crippen LogP contribution in [0.4, 0.5) is 0 Å². The summed E-state index contributed by atoms with van der Waals surface area (Å²) in [6.45, 7) is 2.33. The van der Waals surface area contributed by atoms with E-state index in [1.807, 2.05) is 11.9 Å². The second-order valence-corrected chi connectivity index (χ2v) is 6.48. The van der Waals surface area contributed by atoms with E-state index in [4.69, 9.17) is 4.74 Å². The lowest BCUT2D eigenvalue weighted by Crippen LogP contribution is -2.47. The summed E-state index contributed by atoms with van der Waals surface area (Å²) in [4.78, 5) is 16.5. The molecule has 2 aliphatic rings. The van der Waals surface area contributed by atoms with Crippen molar-refractivity contribution in [3.8, 4) is 0 Å². The van der Waals surface area contributed by atoms with E-state index >= 15 is 0 Å². The summed E-state index contributed by atoms with van der Waals surface area (Å²) in [6, 6.07) is 2.28. The van der Waals surface area contributed by atoms with Crippen LogP contribution in [0.25, 0.3) is 0 Å². The lowest BCUT2D eigenvalue weighted by atomic mass is 9.87. The molecule has 116 valence electrons. The summed E-state index contributed by atoms with van der Waals surface area (Å²) in [6.07, 6.45) is 4.73. The molecule has 0 aromatic carbocycles. The predicted molar refractivity (Wildman–Crippen MR) is 79.1 cm³/mol. The van der Waals surface area contributed by atoms with Crippen molar-refractivity contribution >= 4 is 5.91 Å². The third-order valence-electron chi connectivity index (χ3n) is 4.81. The average Bonchev–Trinajstić information content (AvgIpc) is 3.06. The Morgan fingerprint density at radius 1 is 1.43 bits per heavy atom. The number of likely N-dealkylation sites (tertiary alicyclic amines) is 1. The number of aryl methyl sites for hydroxylation is 1. The van der Waals surface area contributed by atoms with Gasteiger partial charge in [-0.15, -0.1) is 0 Å². The molecule has 1 spiro atoms. The molecule has 0 saturated carbocycles. The highest BCUT2D eigenvalue weighted by Gasteiger charge is 2.44. The Balaban J connectivity index is 1.59. The van der Waals surface area contributed by atoms with Crippen molar-refractivity contribution in [2.24, 2.45) is 7.05 Å². The number of nitrogens with zero attached hydrogens (tertiary/aromatic N) is 4. The SMILES string of the molecule is CN(C)C1COC2(CCN(C(=O)c3ccn(C)n3)CC2)C1. The number of amides is 1. The molecule has 3 rings (SSSR count). The van der Waals surface area contributed by atoms with E-state index in [1.165, 1.54) is 0 Å². The number of carbonyl (C=O) groups is 1. The second-order valence-electron chi connectivity index (χ2n) is 6.48. The van der Waals surface area contributed by atoms with E-state index in [-0.39, 0.29) is 11.5 Å². The number of hydrogen-bond acceptors (Lipinski definition) is 4. The largest absolute Gasteiger partial charge is 0.373 e. The molecule has 0 radical (unpaired) electrons. The number of rotatable bonds is 2. The lowest BCUT2D eigenvalue weighted by Gasteiger charge is -2.38. The van der Waals surface area contributed by atoms with Crippen molar-refractivity contribution in [1.29, 1.82) is 0 Å². The monoisotopic (exact) mass is 292 g/mol. The van der Waals surface area contributed by atoms with Crippen molar-refractivity contribution in [2.45, 2.75) is 30.9 Å². The molecule has 6 heteroatoms. The highest BCUT2D eigenvalue weighted by atomic mass is 16.5. The van der Waals surface area contributed by atoms with Gasteiger partial charge in [0.25, 0.3) is 5.91 Å². The van der Waals surface area contributed by atoms with Gasteiger partial charge < -0.3 is 14.5 Å². The number of piperidine rings is 1. The van der Waals surface area contributed by atoms with E-state index in [2.05, 4.69) is 24.1 Å². The van der Waals surface area contributed by atoms with Gasteiger partial charge >= 0.3 is 0 Å². The van der Waals surface area contributed by atoms with Crippen molar-refractivity contribution in [3.05, 3.63) is 18.0 Å². The van der Waals surface area contributed by atoms with Crippen LogP contribution < -0.4 is 0 Å². The quantitative estimate of drug-likeness (QED) is 0.807. The van der Waals surface area contributed by atoms with Gasteiger partial charge in [-0.25, -0.2) is 0 Å². The smallest absolute Gasteiger partial charge is 0.274 e. The number of carbonyl (C=O) groups excluding carboxylic acids is 1. The second kappa shape index (κ2) is 5.42. The molecule has 2 saturated heterocycles. The Labute approximate surface area is 125 Å². The Kier molecular flexibility index (Phi) is 3.75. The first-order valence-corrected chi connectivity index (χ1v) is 7.58. The fourth-order valence-corrected chi connectivity index (χ4v) is 3.31. The molecule has 1 aromatic rings. The maximum Gasteiger partial charge on any atom is 0.274 e. The highest BCUT2D eigenvalue weighted by Crippen LogP contribution is 2.37. The number of hydrogen-bond donors (Lipinski definition) is 0. The molecule has 1 unspecified atom stereocenters. The molecule has 0 bridgehead atoms. The lowest BCUT2D eigenvalue weighted by molar-refractivity contribution is -0.0393. The molecule has 0 N–H and O–H groups in total. The van der Waals surface area contributed by atoms with Gasteiger partial charge in [0.05, 0.1) is 12.2 Å². The maximum atomic E-state index is 12.4. The van der Waals surface area contributed by atoms with Crippen molar-refractivity contribution in [2.75, 3.05) is 33.8 Å². The first kappa shape index (κ1) is 14.5. The normalized spacial score (nSPS) is 25.0. The van der Waals surface area contributed by atoms with Gasteiger partial charge in [0.15, 0.2) is 0 Å². The first-order chi connectivity index (χ1) is 9.99. The number of likely N-dealkylation sites (N-methyl/N-ethyl adjacent to an activating group) is 1. The van der Waals surface area contributed by atoms with Crippen LogP contribution in [0.5, 0.6) is 0 Å². The fourth-order valence-electron chi connectivity index (χ4n) is 3.31. The molecule has 6 nitrogen and oxygen atoms in total. The van der Waals surface area contributed by atoms with Gasteiger partial charge in [0.1, 0.15) is 5.69 Å². The Hall–Kier alpha value is -1.40. The van der Waals surface area contributed by atoms with E-state index < -0.39 is 0 Å². The van der Waals surface area contributed by atoms with Crippen LogP contribution in [0.2, 0.25) is 0 Å². The van der Waals surface area contributed by atoms with Crippen LogP contribution in [0.15, 0.2) is 12.3 Å². The molecule has 21 heavy (non-hydrogen) atoms.